The van der Waals surface area contributed by atoms with Crippen LogP contribution in [-0.4, -0.2) is 25.3 Å². The largest absolute Gasteiger partial charge is 0.493 e. The van der Waals surface area contributed by atoms with E-state index in [9.17, 15) is 4.79 Å². The van der Waals surface area contributed by atoms with E-state index in [1.165, 1.54) is 6.07 Å². The first-order chi connectivity index (χ1) is 15.7. The molecule has 0 N–H and O–H groups in total. The zero-order chi connectivity index (χ0) is 21.9. The molecule has 0 saturated heterocycles. The Hall–Kier alpha value is -3.84. The van der Waals surface area contributed by atoms with E-state index in [1.54, 1.807) is 30.6 Å². The fraction of sp³-hybridized carbons (Fsp3) is 0.120. The van der Waals surface area contributed by atoms with Crippen LogP contribution in [0.2, 0.25) is 0 Å². The summed E-state index contributed by atoms with van der Waals surface area (Å²) in [7, 11) is 1.61. The van der Waals surface area contributed by atoms with Crippen molar-refractivity contribution in [3.63, 3.8) is 0 Å². The first kappa shape index (κ1) is 20.1. The number of benzene rings is 3. The maximum absolute atomic E-state index is 11.4. The number of ether oxygens (including phenoxy) is 3. The SMILES string of the molecule is COc1cc(-c2nc3ccccc3s2)ccc1OCCOc1ccc2ccc(=O)oc2c1. The van der Waals surface area contributed by atoms with Gasteiger partial charge in [0, 0.05) is 23.1 Å². The predicted octanol–water partition coefficient (Wildman–Crippen LogP) is 5.54. The Balaban J connectivity index is 1.25. The van der Waals surface area contributed by atoms with Gasteiger partial charge >= 0.3 is 5.63 Å². The number of nitrogens with zero attached hydrogens (tertiary/aromatic N) is 1. The molecule has 0 aliphatic heterocycles. The van der Waals surface area contributed by atoms with E-state index < -0.39 is 0 Å². The van der Waals surface area contributed by atoms with Gasteiger partial charge in [0.2, 0.25) is 0 Å². The molecular weight excluding hydrogens is 426 g/mol. The third kappa shape index (κ3) is 4.15. The van der Waals surface area contributed by atoms with Crippen LogP contribution < -0.4 is 19.8 Å². The highest BCUT2D eigenvalue weighted by atomic mass is 32.1. The Morgan fingerprint density at radius 2 is 1.75 bits per heavy atom. The van der Waals surface area contributed by atoms with Crippen molar-refractivity contribution in [3.05, 3.63) is 83.2 Å². The normalized spacial score (nSPS) is 11.0. The monoisotopic (exact) mass is 445 g/mol. The molecule has 7 heteroatoms. The van der Waals surface area contributed by atoms with E-state index >= 15 is 0 Å². The Morgan fingerprint density at radius 3 is 2.62 bits per heavy atom. The van der Waals surface area contributed by atoms with Gasteiger partial charge < -0.3 is 18.6 Å². The van der Waals surface area contributed by atoms with Gasteiger partial charge in [0.05, 0.1) is 17.3 Å². The fourth-order valence-electron chi connectivity index (χ4n) is 3.36. The smallest absolute Gasteiger partial charge is 0.336 e. The summed E-state index contributed by atoms with van der Waals surface area (Å²) in [5.41, 5.74) is 2.06. The van der Waals surface area contributed by atoms with Crippen LogP contribution in [-0.2, 0) is 0 Å². The number of methoxy groups -OCH3 is 1. The highest BCUT2D eigenvalue weighted by molar-refractivity contribution is 7.21. The Morgan fingerprint density at radius 1 is 0.906 bits per heavy atom. The van der Waals surface area contributed by atoms with Crippen molar-refractivity contribution < 1.29 is 18.6 Å². The zero-order valence-corrected chi connectivity index (χ0v) is 18.1. The van der Waals surface area contributed by atoms with Crippen molar-refractivity contribution in [1.82, 2.24) is 4.98 Å². The third-order valence-corrected chi connectivity index (χ3v) is 5.99. The molecular formula is C25H19NO5S. The second-order valence-electron chi connectivity index (χ2n) is 7.00. The van der Waals surface area contributed by atoms with Gasteiger partial charge in [0.15, 0.2) is 11.5 Å². The van der Waals surface area contributed by atoms with Crippen molar-refractivity contribution in [2.45, 2.75) is 0 Å². The minimum absolute atomic E-state index is 0.325. The van der Waals surface area contributed by atoms with Gasteiger partial charge in [-0.2, -0.15) is 0 Å². The van der Waals surface area contributed by atoms with E-state index in [-0.39, 0.29) is 5.63 Å². The summed E-state index contributed by atoms with van der Waals surface area (Å²) in [5, 5.41) is 1.77. The van der Waals surface area contributed by atoms with Crippen LogP contribution in [0.5, 0.6) is 17.2 Å². The Kier molecular flexibility index (Phi) is 5.47. The Bertz CT molecular complexity index is 1420. The van der Waals surface area contributed by atoms with Gasteiger partial charge in [-0.25, -0.2) is 9.78 Å². The molecule has 3 aromatic carbocycles. The first-order valence-corrected chi connectivity index (χ1v) is 10.8. The molecule has 6 nitrogen and oxygen atoms in total. The zero-order valence-electron chi connectivity index (χ0n) is 17.2. The molecule has 0 saturated carbocycles. The summed E-state index contributed by atoms with van der Waals surface area (Å²) in [6.07, 6.45) is 0. The number of thiazole rings is 1. The molecule has 0 aliphatic rings. The number of hydrogen-bond acceptors (Lipinski definition) is 7. The van der Waals surface area contributed by atoms with Gasteiger partial charge in [0.25, 0.3) is 0 Å². The summed E-state index contributed by atoms with van der Waals surface area (Å²) in [6, 6.07) is 22.3. The third-order valence-electron chi connectivity index (χ3n) is 4.91. The molecule has 32 heavy (non-hydrogen) atoms. The highest BCUT2D eigenvalue weighted by Gasteiger charge is 2.11. The van der Waals surface area contributed by atoms with E-state index in [2.05, 4.69) is 6.07 Å². The maximum Gasteiger partial charge on any atom is 0.336 e. The fourth-order valence-corrected chi connectivity index (χ4v) is 4.32. The molecule has 0 fully saturated rings. The standard InChI is InChI=1S/C25H19NO5S/c1-28-22-14-17(25-26-19-4-2-3-5-23(19)32-25)7-10-20(22)30-13-12-29-18-9-6-16-8-11-24(27)31-21(16)15-18/h2-11,14-15H,12-13H2,1H3. The van der Waals surface area contributed by atoms with Crippen molar-refractivity contribution in [2.24, 2.45) is 0 Å². The lowest BCUT2D eigenvalue weighted by Crippen LogP contribution is -2.09. The van der Waals surface area contributed by atoms with Crippen LogP contribution in [0.4, 0.5) is 0 Å². The topological polar surface area (TPSA) is 70.8 Å². The van der Waals surface area contributed by atoms with Crippen molar-refractivity contribution in [3.8, 4) is 27.8 Å². The molecule has 5 aromatic rings. The van der Waals surface area contributed by atoms with Gasteiger partial charge in [-0.3, -0.25) is 0 Å². The van der Waals surface area contributed by atoms with Crippen LogP contribution in [0.1, 0.15) is 0 Å². The minimum Gasteiger partial charge on any atom is -0.493 e. The molecule has 0 unspecified atom stereocenters. The summed E-state index contributed by atoms with van der Waals surface area (Å²) in [4.78, 5) is 16.1. The van der Waals surface area contributed by atoms with Crippen LogP contribution in [0.3, 0.4) is 0 Å². The van der Waals surface area contributed by atoms with Crippen molar-refractivity contribution in [1.29, 1.82) is 0 Å². The summed E-state index contributed by atoms with van der Waals surface area (Å²) < 4.78 is 23.5. The van der Waals surface area contributed by atoms with Crippen LogP contribution in [0.15, 0.2) is 82.0 Å². The molecule has 0 aliphatic carbocycles. The summed E-state index contributed by atoms with van der Waals surface area (Å²) in [6.45, 7) is 0.652. The highest BCUT2D eigenvalue weighted by Crippen LogP contribution is 2.36. The first-order valence-electron chi connectivity index (χ1n) is 10.0. The lowest BCUT2D eigenvalue weighted by atomic mass is 10.2. The molecule has 0 bridgehead atoms. The lowest BCUT2D eigenvalue weighted by molar-refractivity contribution is 0.211. The van der Waals surface area contributed by atoms with Crippen LogP contribution in [0.25, 0.3) is 31.8 Å². The molecule has 0 amide bonds. The predicted molar refractivity (Wildman–Crippen MR) is 125 cm³/mol. The van der Waals surface area contributed by atoms with Crippen LogP contribution >= 0.6 is 11.3 Å². The molecule has 5 rings (SSSR count). The number of hydrogen-bond donors (Lipinski definition) is 0. The maximum atomic E-state index is 11.4. The molecule has 0 atom stereocenters. The molecule has 0 radical (unpaired) electrons. The molecule has 160 valence electrons. The second kappa shape index (κ2) is 8.72. The van der Waals surface area contributed by atoms with Gasteiger partial charge in [-0.15, -0.1) is 11.3 Å². The van der Waals surface area contributed by atoms with Crippen molar-refractivity contribution >= 4 is 32.5 Å². The molecule has 2 aromatic heterocycles. The van der Waals surface area contributed by atoms with Crippen LogP contribution in [0, 0.1) is 0 Å². The number of aromatic nitrogens is 1. The average molecular weight is 445 g/mol. The Labute approximate surface area is 187 Å². The number of rotatable bonds is 7. The number of fused-ring (bicyclic) bond motifs is 2. The summed E-state index contributed by atoms with van der Waals surface area (Å²) in [5.74, 6) is 1.87. The van der Waals surface area contributed by atoms with E-state index in [1.807, 2.05) is 48.5 Å². The van der Waals surface area contributed by atoms with E-state index in [4.69, 9.17) is 23.6 Å². The minimum atomic E-state index is -0.389. The van der Waals surface area contributed by atoms with Gasteiger partial charge in [-0.05, 0) is 48.5 Å². The number of para-hydroxylation sites is 1. The second-order valence-corrected chi connectivity index (χ2v) is 8.03. The summed E-state index contributed by atoms with van der Waals surface area (Å²) >= 11 is 1.64. The van der Waals surface area contributed by atoms with E-state index in [0.29, 0.717) is 36.0 Å². The molecule has 0 spiro atoms. The quantitative estimate of drug-likeness (QED) is 0.242. The lowest BCUT2D eigenvalue weighted by Gasteiger charge is -2.12. The molecule has 2 heterocycles. The van der Waals surface area contributed by atoms with E-state index in [0.717, 1.165) is 26.2 Å². The van der Waals surface area contributed by atoms with Gasteiger partial charge in [-0.1, -0.05) is 12.1 Å². The van der Waals surface area contributed by atoms with Crippen molar-refractivity contribution in [2.75, 3.05) is 20.3 Å². The average Bonchev–Trinajstić information content (AvgIpc) is 3.26. The van der Waals surface area contributed by atoms with Gasteiger partial charge in [0.1, 0.15) is 29.6 Å².